The van der Waals surface area contributed by atoms with Crippen molar-refractivity contribution in [2.75, 3.05) is 7.05 Å². The number of amides is 1. The number of hydrogen-bond donors (Lipinski definition) is 0. The standard InChI is InChI=1S/C20H23N3O3/c1-16(10-11-18-9-6-14-25-18)22(2)20(24)19-12-13-23(21-19)15-26-17-7-4-3-5-8-17/h3-9,12-14,16H,10-11,15H2,1-2H3. The molecule has 0 fully saturated rings. The number of carbonyl (C=O) groups excluding carboxylic acids is 1. The molecule has 3 rings (SSSR count). The van der Waals surface area contributed by atoms with Crippen LogP contribution < -0.4 is 4.74 Å². The highest BCUT2D eigenvalue weighted by atomic mass is 16.5. The number of carbonyl (C=O) groups is 1. The lowest BCUT2D eigenvalue weighted by atomic mass is 10.1. The van der Waals surface area contributed by atoms with Crippen LogP contribution in [-0.2, 0) is 13.2 Å². The zero-order valence-corrected chi connectivity index (χ0v) is 15.0. The Morgan fingerprint density at radius 2 is 2.04 bits per heavy atom. The summed E-state index contributed by atoms with van der Waals surface area (Å²) in [6.45, 7) is 2.28. The molecule has 1 unspecified atom stereocenters. The molecule has 3 aromatic rings. The summed E-state index contributed by atoms with van der Waals surface area (Å²) in [5, 5.41) is 4.32. The SMILES string of the molecule is CC(CCc1ccco1)N(C)C(=O)c1ccn(COc2ccccc2)n1. The van der Waals surface area contributed by atoms with Crippen molar-refractivity contribution in [3.05, 3.63) is 72.4 Å². The maximum Gasteiger partial charge on any atom is 0.274 e. The lowest BCUT2D eigenvalue weighted by molar-refractivity contribution is 0.0728. The molecule has 136 valence electrons. The third kappa shape index (κ3) is 4.53. The van der Waals surface area contributed by atoms with Crippen LogP contribution in [0.4, 0.5) is 0 Å². The molecule has 0 spiro atoms. The molecular weight excluding hydrogens is 330 g/mol. The zero-order chi connectivity index (χ0) is 18.4. The second kappa shape index (κ2) is 8.38. The first-order chi connectivity index (χ1) is 12.6. The van der Waals surface area contributed by atoms with Crippen LogP contribution in [0.1, 0.15) is 29.6 Å². The molecule has 26 heavy (non-hydrogen) atoms. The molecule has 0 aliphatic carbocycles. The Bertz CT molecular complexity index is 812. The fraction of sp³-hybridized carbons (Fsp3) is 0.300. The van der Waals surface area contributed by atoms with Crippen molar-refractivity contribution in [1.82, 2.24) is 14.7 Å². The molecule has 0 bridgehead atoms. The molecule has 1 amide bonds. The zero-order valence-electron chi connectivity index (χ0n) is 15.0. The van der Waals surface area contributed by atoms with Crippen LogP contribution in [0.15, 0.2) is 65.4 Å². The number of hydrogen-bond acceptors (Lipinski definition) is 4. The normalized spacial score (nSPS) is 11.9. The summed E-state index contributed by atoms with van der Waals surface area (Å²) in [5.74, 6) is 1.59. The molecule has 0 saturated carbocycles. The van der Waals surface area contributed by atoms with Crippen LogP contribution in [0.3, 0.4) is 0 Å². The van der Waals surface area contributed by atoms with Crippen LogP contribution in [-0.4, -0.2) is 33.7 Å². The second-order valence-corrected chi connectivity index (χ2v) is 6.21. The van der Waals surface area contributed by atoms with Crippen LogP contribution >= 0.6 is 0 Å². The summed E-state index contributed by atoms with van der Waals surface area (Å²) in [6.07, 6.45) is 5.04. The third-order valence-corrected chi connectivity index (χ3v) is 4.34. The minimum atomic E-state index is -0.101. The fourth-order valence-corrected chi connectivity index (χ4v) is 2.59. The predicted octanol–water partition coefficient (Wildman–Crippen LogP) is 3.61. The maximum absolute atomic E-state index is 12.6. The van der Waals surface area contributed by atoms with E-state index in [4.69, 9.17) is 9.15 Å². The highest BCUT2D eigenvalue weighted by molar-refractivity contribution is 5.92. The van der Waals surface area contributed by atoms with Crippen molar-refractivity contribution in [2.24, 2.45) is 0 Å². The van der Waals surface area contributed by atoms with Gasteiger partial charge < -0.3 is 14.1 Å². The van der Waals surface area contributed by atoms with E-state index < -0.39 is 0 Å². The molecule has 0 saturated heterocycles. The average Bonchev–Trinajstić information content (AvgIpc) is 3.36. The first-order valence-corrected chi connectivity index (χ1v) is 8.64. The van der Waals surface area contributed by atoms with Gasteiger partial charge in [0.25, 0.3) is 5.91 Å². The molecule has 0 aliphatic heterocycles. The quantitative estimate of drug-likeness (QED) is 0.621. The van der Waals surface area contributed by atoms with Crippen molar-refractivity contribution in [2.45, 2.75) is 32.5 Å². The monoisotopic (exact) mass is 353 g/mol. The number of furan rings is 1. The van der Waals surface area contributed by atoms with E-state index in [0.29, 0.717) is 5.69 Å². The molecular formula is C20H23N3O3. The topological polar surface area (TPSA) is 60.5 Å². The maximum atomic E-state index is 12.6. The van der Waals surface area contributed by atoms with Gasteiger partial charge in [0.05, 0.1) is 6.26 Å². The van der Waals surface area contributed by atoms with Gasteiger partial charge >= 0.3 is 0 Å². The average molecular weight is 353 g/mol. The number of ether oxygens (including phenoxy) is 1. The van der Waals surface area contributed by atoms with Gasteiger partial charge in [-0.2, -0.15) is 5.10 Å². The highest BCUT2D eigenvalue weighted by Gasteiger charge is 2.20. The third-order valence-electron chi connectivity index (χ3n) is 4.34. The molecule has 6 heteroatoms. The molecule has 2 aromatic heterocycles. The summed E-state index contributed by atoms with van der Waals surface area (Å²) in [5.41, 5.74) is 0.411. The van der Waals surface area contributed by atoms with Gasteiger partial charge in [-0.05, 0) is 43.7 Å². The van der Waals surface area contributed by atoms with Crippen molar-refractivity contribution in [1.29, 1.82) is 0 Å². The first kappa shape index (κ1) is 17.8. The Labute approximate surface area is 153 Å². The summed E-state index contributed by atoms with van der Waals surface area (Å²) in [6, 6.07) is 15.1. The van der Waals surface area contributed by atoms with Crippen LogP contribution in [0, 0.1) is 0 Å². The molecule has 0 radical (unpaired) electrons. The molecule has 1 atom stereocenters. The van der Waals surface area contributed by atoms with Gasteiger partial charge in [-0.15, -0.1) is 0 Å². The van der Waals surface area contributed by atoms with Crippen molar-refractivity contribution >= 4 is 5.91 Å². The van der Waals surface area contributed by atoms with Gasteiger partial charge in [0, 0.05) is 25.7 Å². The number of aryl methyl sites for hydroxylation is 1. The largest absolute Gasteiger partial charge is 0.471 e. The van der Waals surface area contributed by atoms with E-state index in [1.807, 2.05) is 49.4 Å². The van der Waals surface area contributed by atoms with Crippen molar-refractivity contribution < 1.29 is 13.9 Å². The Hall–Kier alpha value is -3.02. The number of rotatable bonds is 8. The van der Waals surface area contributed by atoms with Crippen LogP contribution in [0.25, 0.3) is 0 Å². The van der Waals surface area contributed by atoms with E-state index in [-0.39, 0.29) is 18.7 Å². The lowest BCUT2D eigenvalue weighted by Crippen LogP contribution is -2.35. The van der Waals surface area contributed by atoms with Gasteiger partial charge in [0.15, 0.2) is 12.4 Å². The summed E-state index contributed by atoms with van der Waals surface area (Å²) in [7, 11) is 1.80. The number of nitrogens with zero attached hydrogens (tertiary/aromatic N) is 3. The van der Waals surface area contributed by atoms with E-state index in [0.717, 1.165) is 24.4 Å². The van der Waals surface area contributed by atoms with Gasteiger partial charge in [-0.3, -0.25) is 4.79 Å². The van der Waals surface area contributed by atoms with E-state index in [1.165, 1.54) is 0 Å². The van der Waals surface area contributed by atoms with Crippen molar-refractivity contribution in [3.63, 3.8) is 0 Å². The second-order valence-electron chi connectivity index (χ2n) is 6.21. The van der Waals surface area contributed by atoms with Crippen LogP contribution in [0.2, 0.25) is 0 Å². The Morgan fingerprint density at radius 3 is 2.77 bits per heavy atom. The van der Waals surface area contributed by atoms with Crippen LogP contribution in [0.5, 0.6) is 5.75 Å². The Balaban J connectivity index is 1.53. The number of aromatic nitrogens is 2. The summed E-state index contributed by atoms with van der Waals surface area (Å²) in [4.78, 5) is 14.3. The minimum Gasteiger partial charge on any atom is -0.471 e. The van der Waals surface area contributed by atoms with Crippen molar-refractivity contribution in [3.8, 4) is 5.75 Å². The van der Waals surface area contributed by atoms with E-state index in [2.05, 4.69) is 5.10 Å². The number of para-hydroxylation sites is 1. The smallest absolute Gasteiger partial charge is 0.274 e. The lowest BCUT2D eigenvalue weighted by Gasteiger charge is -2.23. The molecule has 1 aromatic carbocycles. The fourth-order valence-electron chi connectivity index (χ4n) is 2.59. The van der Waals surface area contributed by atoms with E-state index in [9.17, 15) is 4.79 Å². The molecule has 0 aliphatic rings. The molecule has 2 heterocycles. The van der Waals surface area contributed by atoms with Gasteiger partial charge in [0.2, 0.25) is 0 Å². The molecule has 0 N–H and O–H groups in total. The highest BCUT2D eigenvalue weighted by Crippen LogP contribution is 2.12. The van der Waals surface area contributed by atoms with E-state index in [1.54, 1.807) is 35.2 Å². The first-order valence-electron chi connectivity index (χ1n) is 8.64. The Morgan fingerprint density at radius 1 is 1.23 bits per heavy atom. The van der Waals surface area contributed by atoms with E-state index >= 15 is 0 Å². The number of benzene rings is 1. The Kier molecular flexibility index (Phi) is 5.73. The van der Waals surface area contributed by atoms with Gasteiger partial charge in [0.1, 0.15) is 11.5 Å². The van der Waals surface area contributed by atoms with Gasteiger partial charge in [-0.25, -0.2) is 4.68 Å². The van der Waals surface area contributed by atoms with Gasteiger partial charge in [-0.1, -0.05) is 18.2 Å². The predicted molar refractivity (Wildman–Crippen MR) is 97.9 cm³/mol. The summed E-state index contributed by atoms with van der Waals surface area (Å²) >= 11 is 0. The molecule has 6 nitrogen and oxygen atoms in total. The minimum absolute atomic E-state index is 0.0818. The summed E-state index contributed by atoms with van der Waals surface area (Å²) < 4.78 is 12.6.